The van der Waals surface area contributed by atoms with Crippen molar-refractivity contribution in [1.82, 2.24) is 5.32 Å². The summed E-state index contributed by atoms with van der Waals surface area (Å²) in [6, 6.07) is -0.383. The molecule has 0 aromatic carbocycles. The first-order valence-electron chi connectivity index (χ1n) is 5.08. The molecule has 1 amide bonds. The summed E-state index contributed by atoms with van der Waals surface area (Å²) >= 11 is 0. The van der Waals surface area contributed by atoms with Gasteiger partial charge in [0, 0.05) is 6.42 Å². The van der Waals surface area contributed by atoms with E-state index in [9.17, 15) is 9.59 Å². The summed E-state index contributed by atoms with van der Waals surface area (Å²) in [5.41, 5.74) is -0.567. The normalized spacial score (nSPS) is 12.7. The summed E-state index contributed by atoms with van der Waals surface area (Å²) in [5, 5.41) is 11.0. The number of nitrogens with one attached hydrogen (secondary N) is 1. The topological polar surface area (TPSA) is 75.6 Å². The lowest BCUT2D eigenvalue weighted by Gasteiger charge is -2.22. The fourth-order valence-corrected chi connectivity index (χ4v) is 0.987. The molecule has 1 unspecified atom stereocenters. The molecule has 16 heavy (non-hydrogen) atoms. The number of carboxylic acids is 1. The molecule has 0 spiro atoms. The van der Waals surface area contributed by atoms with Gasteiger partial charge in [-0.2, -0.15) is 0 Å². The van der Waals surface area contributed by atoms with E-state index in [1.807, 2.05) is 0 Å². The summed E-state index contributed by atoms with van der Waals surface area (Å²) in [4.78, 5) is 21.7. The summed E-state index contributed by atoms with van der Waals surface area (Å²) in [5.74, 6) is -0.905. The summed E-state index contributed by atoms with van der Waals surface area (Å²) < 4.78 is 5.03. The zero-order chi connectivity index (χ0) is 12.8. The Morgan fingerprint density at radius 3 is 2.44 bits per heavy atom. The van der Waals surface area contributed by atoms with Crippen LogP contribution in [-0.2, 0) is 9.53 Å². The van der Waals surface area contributed by atoms with E-state index in [1.165, 1.54) is 6.08 Å². The Labute approximate surface area is 95.5 Å². The highest BCUT2D eigenvalue weighted by molar-refractivity contribution is 5.69. The zero-order valence-electron chi connectivity index (χ0n) is 9.95. The lowest BCUT2D eigenvalue weighted by atomic mass is 10.1. The second-order valence-corrected chi connectivity index (χ2v) is 4.42. The monoisotopic (exact) mass is 229 g/mol. The van der Waals surface area contributed by atoms with Gasteiger partial charge < -0.3 is 15.2 Å². The molecule has 0 aliphatic rings. The van der Waals surface area contributed by atoms with E-state index in [4.69, 9.17) is 9.84 Å². The molecular weight excluding hydrogens is 210 g/mol. The zero-order valence-corrected chi connectivity index (χ0v) is 9.95. The van der Waals surface area contributed by atoms with E-state index in [0.29, 0.717) is 6.42 Å². The minimum atomic E-state index is -0.905. The van der Waals surface area contributed by atoms with Crippen molar-refractivity contribution in [3.63, 3.8) is 0 Å². The maximum absolute atomic E-state index is 11.3. The minimum absolute atomic E-state index is 0.0213. The van der Waals surface area contributed by atoms with Gasteiger partial charge in [-0.3, -0.25) is 4.79 Å². The van der Waals surface area contributed by atoms with E-state index in [2.05, 4.69) is 11.9 Å². The number of aliphatic carboxylic acids is 1. The number of carbonyl (C=O) groups is 2. The van der Waals surface area contributed by atoms with Crippen molar-refractivity contribution in [2.75, 3.05) is 0 Å². The Kier molecular flexibility index (Phi) is 5.56. The van der Waals surface area contributed by atoms with Crippen LogP contribution in [0.1, 0.15) is 33.6 Å². The molecular formula is C11H19NO4. The maximum Gasteiger partial charge on any atom is 0.408 e. The van der Waals surface area contributed by atoms with Crippen molar-refractivity contribution in [1.29, 1.82) is 0 Å². The molecule has 0 rings (SSSR count). The van der Waals surface area contributed by atoms with Crippen molar-refractivity contribution in [3.8, 4) is 0 Å². The predicted molar refractivity (Wildman–Crippen MR) is 60.2 cm³/mol. The van der Waals surface area contributed by atoms with Crippen LogP contribution in [0.2, 0.25) is 0 Å². The number of ether oxygens (including phenoxy) is 1. The third kappa shape index (κ3) is 7.84. The van der Waals surface area contributed by atoms with Gasteiger partial charge in [0.1, 0.15) is 5.60 Å². The first-order chi connectivity index (χ1) is 7.24. The largest absolute Gasteiger partial charge is 0.481 e. The van der Waals surface area contributed by atoms with Gasteiger partial charge in [0.05, 0.1) is 6.04 Å². The van der Waals surface area contributed by atoms with Crippen LogP contribution in [0.25, 0.3) is 0 Å². The molecule has 0 heterocycles. The standard InChI is InChI=1S/C11H19NO4/c1-5-8(6-7-9(13)14)12-10(15)16-11(2,3)4/h5,8H,1,6-7H2,2-4H3,(H,12,15)(H,13,14). The van der Waals surface area contributed by atoms with Crippen molar-refractivity contribution in [2.45, 2.75) is 45.3 Å². The number of amides is 1. The van der Waals surface area contributed by atoms with E-state index in [0.717, 1.165) is 0 Å². The number of alkyl carbamates (subject to hydrolysis) is 1. The minimum Gasteiger partial charge on any atom is -0.481 e. The average molecular weight is 229 g/mol. The SMILES string of the molecule is C=CC(CCC(=O)O)NC(=O)OC(C)(C)C. The van der Waals surface area contributed by atoms with E-state index < -0.39 is 17.7 Å². The molecule has 0 bridgehead atoms. The molecule has 0 aromatic rings. The molecule has 0 fully saturated rings. The number of carboxylic acid groups (broad SMARTS) is 1. The van der Waals surface area contributed by atoms with Crippen LogP contribution in [-0.4, -0.2) is 28.8 Å². The Hall–Kier alpha value is -1.52. The molecule has 0 saturated heterocycles. The van der Waals surface area contributed by atoms with Gasteiger partial charge in [-0.05, 0) is 27.2 Å². The van der Waals surface area contributed by atoms with Gasteiger partial charge in [0.2, 0.25) is 0 Å². The van der Waals surface area contributed by atoms with Gasteiger partial charge in [-0.25, -0.2) is 4.79 Å². The van der Waals surface area contributed by atoms with Gasteiger partial charge in [-0.1, -0.05) is 6.08 Å². The smallest absolute Gasteiger partial charge is 0.408 e. The van der Waals surface area contributed by atoms with Gasteiger partial charge >= 0.3 is 12.1 Å². The molecule has 0 saturated carbocycles. The molecule has 5 nitrogen and oxygen atoms in total. The van der Waals surface area contributed by atoms with Crippen LogP contribution >= 0.6 is 0 Å². The van der Waals surface area contributed by atoms with E-state index >= 15 is 0 Å². The molecule has 0 radical (unpaired) electrons. The van der Waals surface area contributed by atoms with Crippen LogP contribution in [0, 0.1) is 0 Å². The molecule has 2 N–H and O–H groups in total. The number of hydrogen-bond donors (Lipinski definition) is 2. The number of rotatable bonds is 5. The van der Waals surface area contributed by atoms with Gasteiger partial charge in [0.15, 0.2) is 0 Å². The molecule has 0 aliphatic heterocycles. The summed E-state index contributed by atoms with van der Waals surface area (Å²) in [6.45, 7) is 8.80. The van der Waals surface area contributed by atoms with Crippen LogP contribution < -0.4 is 5.32 Å². The Balaban J connectivity index is 4.07. The summed E-state index contributed by atoms with van der Waals surface area (Å²) in [6.07, 6.45) is 1.21. The van der Waals surface area contributed by atoms with Crippen molar-refractivity contribution in [3.05, 3.63) is 12.7 Å². The fraction of sp³-hybridized carbons (Fsp3) is 0.636. The molecule has 1 atom stereocenters. The predicted octanol–water partition coefficient (Wildman–Crippen LogP) is 1.93. The molecule has 92 valence electrons. The average Bonchev–Trinajstić information content (AvgIpc) is 2.08. The Bertz CT molecular complexity index is 268. The number of carbonyl (C=O) groups excluding carboxylic acids is 1. The van der Waals surface area contributed by atoms with E-state index in [1.54, 1.807) is 20.8 Å². The van der Waals surface area contributed by atoms with Crippen molar-refractivity contribution < 1.29 is 19.4 Å². The molecule has 0 aromatic heterocycles. The highest BCUT2D eigenvalue weighted by Crippen LogP contribution is 2.07. The fourth-order valence-electron chi connectivity index (χ4n) is 0.987. The highest BCUT2D eigenvalue weighted by atomic mass is 16.6. The quantitative estimate of drug-likeness (QED) is 0.706. The lowest BCUT2D eigenvalue weighted by molar-refractivity contribution is -0.137. The second-order valence-electron chi connectivity index (χ2n) is 4.42. The summed E-state index contributed by atoms with van der Waals surface area (Å²) in [7, 11) is 0. The first-order valence-corrected chi connectivity index (χ1v) is 5.08. The molecule has 0 aliphatic carbocycles. The first kappa shape index (κ1) is 14.5. The van der Waals surface area contributed by atoms with Crippen LogP contribution in [0.5, 0.6) is 0 Å². The molecule has 5 heteroatoms. The third-order valence-corrected chi connectivity index (χ3v) is 1.66. The van der Waals surface area contributed by atoms with E-state index in [-0.39, 0.29) is 12.5 Å². The van der Waals surface area contributed by atoms with Gasteiger partial charge in [0.25, 0.3) is 0 Å². The third-order valence-electron chi connectivity index (χ3n) is 1.66. The van der Waals surface area contributed by atoms with Crippen molar-refractivity contribution >= 4 is 12.1 Å². The Morgan fingerprint density at radius 1 is 1.50 bits per heavy atom. The van der Waals surface area contributed by atoms with Crippen LogP contribution in [0.3, 0.4) is 0 Å². The van der Waals surface area contributed by atoms with Gasteiger partial charge in [-0.15, -0.1) is 6.58 Å². The maximum atomic E-state index is 11.3. The highest BCUT2D eigenvalue weighted by Gasteiger charge is 2.18. The number of hydrogen-bond acceptors (Lipinski definition) is 3. The second kappa shape index (κ2) is 6.15. The van der Waals surface area contributed by atoms with Crippen LogP contribution in [0.4, 0.5) is 4.79 Å². The lowest BCUT2D eigenvalue weighted by Crippen LogP contribution is -2.38. The van der Waals surface area contributed by atoms with Crippen molar-refractivity contribution in [2.24, 2.45) is 0 Å². The van der Waals surface area contributed by atoms with Crippen LogP contribution in [0.15, 0.2) is 12.7 Å². The Morgan fingerprint density at radius 2 is 2.06 bits per heavy atom.